The summed E-state index contributed by atoms with van der Waals surface area (Å²) in [5.41, 5.74) is 6.29. The molecule has 0 aliphatic heterocycles. The highest BCUT2D eigenvalue weighted by molar-refractivity contribution is 5.35. The summed E-state index contributed by atoms with van der Waals surface area (Å²) in [6.07, 6.45) is 1.63. The fourth-order valence-corrected chi connectivity index (χ4v) is 1.43. The first-order chi connectivity index (χ1) is 8.33. The molecule has 0 fully saturated rings. The molecule has 17 heavy (non-hydrogen) atoms. The van der Waals surface area contributed by atoms with Crippen molar-refractivity contribution in [2.24, 2.45) is 5.73 Å². The number of rotatable bonds is 5. The number of methoxy groups -OCH3 is 1. The van der Waals surface area contributed by atoms with Crippen molar-refractivity contribution in [2.75, 3.05) is 13.7 Å². The molecule has 1 heterocycles. The predicted octanol–water partition coefficient (Wildman–Crippen LogP) is 0.562. The molecule has 0 saturated heterocycles. The lowest BCUT2D eigenvalue weighted by Gasteiger charge is -2.00. The molecule has 0 saturated carbocycles. The van der Waals surface area contributed by atoms with E-state index in [1.54, 1.807) is 7.11 Å². The van der Waals surface area contributed by atoms with E-state index in [2.05, 4.69) is 15.4 Å². The first kappa shape index (κ1) is 11.5. The Hall–Kier alpha value is -1.95. The summed E-state index contributed by atoms with van der Waals surface area (Å²) in [5.74, 6) is 1.52. The molecule has 2 aromatic rings. The van der Waals surface area contributed by atoms with E-state index in [0.29, 0.717) is 12.4 Å². The van der Waals surface area contributed by atoms with Gasteiger partial charge in [-0.1, -0.05) is 0 Å². The third-order valence-electron chi connectivity index (χ3n) is 2.36. The van der Waals surface area contributed by atoms with E-state index >= 15 is 0 Å². The Labute approximate surface area is 99.4 Å². The fourth-order valence-electron chi connectivity index (χ4n) is 1.43. The smallest absolute Gasteiger partial charge is 0.175 e. The Morgan fingerprint density at radius 3 is 2.71 bits per heavy atom. The van der Waals surface area contributed by atoms with E-state index in [9.17, 15) is 0 Å². The highest BCUT2D eigenvalue weighted by atomic mass is 16.5. The van der Waals surface area contributed by atoms with Crippen molar-refractivity contribution in [3.63, 3.8) is 0 Å². The van der Waals surface area contributed by atoms with Crippen LogP contribution in [0.4, 0.5) is 0 Å². The van der Waals surface area contributed by atoms with Gasteiger partial charge in [-0.25, -0.2) is 0 Å². The Morgan fingerprint density at radius 2 is 2.06 bits per heavy atom. The van der Waals surface area contributed by atoms with Crippen LogP contribution in [0.15, 0.2) is 24.3 Å². The minimum atomic E-state index is 0.636. The number of tetrazole rings is 1. The maximum atomic E-state index is 5.43. The highest BCUT2D eigenvalue weighted by Crippen LogP contribution is 2.13. The Bertz CT molecular complexity index is 465. The molecule has 0 amide bonds. The normalized spacial score (nSPS) is 10.5. The molecule has 0 aliphatic rings. The van der Waals surface area contributed by atoms with Gasteiger partial charge in [0.15, 0.2) is 5.82 Å². The van der Waals surface area contributed by atoms with E-state index in [1.807, 2.05) is 24.3 Å². The third-order valence-corrected chi connectivity index (χ3v) is 2.36. The summed E-state index contributed by atoms with van der Waals surface area (Å²) in [5, 5.41) is 12.2. The monoisotopic (exact) mass is 233 g/mol. The van der Waals surface area contributed by atoms with Crippen molar-refractivity contribution in [1.82, 2.24) is 20.2 Å². The summed E-state index contributed by atoms with van der Waals surface area (Å²) < 4.78 is 5.08. The summed E-state index contributed by atoms with van der Waals surface area (Å²) in [7, 11) is 1.63. The van der Waals surface area contributed by atoms with Gasteiger partial charge in [0.2, 0.25) is 0 Å². The maximum Gasteiger partial charge on any atom is 0.175 e. The van der Waals surface area contributed by atoms with E-state index in [1.165, 1.54) is 4.80 Å². The van der Waals surface area contributed by atoms with Crippen molar-refractivity contribution < 1.29 is 4.74 Å². The SMILES string of the molecule is COc1ccc(-n2nnc(CCCN)n2)cc1. The van der Waals surface area contributed by atoms with Crippen LogP contribution in [0.25, 0.3) is 5.69 Å². The predicted molar refractivity (Wildman–Crippen MR) is 63.1 cm³/mol. The minimum Gasteiger partial charge on any atom is -0.497 e. The third kappa shape index (κ3) is 2.79. The van der Waals surface area contributed by atoms with Crippen LogP contribution in [0, 0.1) is 0 Å². The second kappa shape index (κ2) is 5.40. The summed E-state index contributed by atoms with van der Waals surface area (Å²) >= 11 is 0. The summed E-state index contributed by atoms with van der Waals surface area (Å²) in [4.78, 5) is 1.51. The van der Waals surface area contributed by atoms with Crippen LogP contribution in [0.1, 0.15) is 12.2 Å². The molecule has 90 valence electrons. The molecule has 1 aromatic carbocycles. The fraction of sp³-hybridized carbons (Fsp3) is 0.364. The van der Waals surface area contributed by atoms with Gasteiger partial charge in [-0.05, 0) is 42.4 Å². The molecule has 0 bridgehead atoms. The summed E-state index contributed by atoms with van der Waals surface area (Å²) in [6, 6.07) is 7.48. The first-order valence-corrected chi connectivity index (χ1v) is 5.47. The Kier molecular flexibility index (Phi) is 3.66. The average molecular weight is 233 g/mol. The van der Waals surface area contributed by atoms with Gasteiger partial charge < -0.3 is 10.5 Å². The molecule has 0 atom stereocenters. The number of ether oxygens (including phenoxy) is 1. The van der Waals surface area contributed by atoms with E-state index in [4.69, 9.17) is 10.5 Å². The van der Waals surface area contributed by atoms with E-state index < -0.39 is 0 Å². The standard InChI is InChI=1S/C11H15N5O/c1-17-10-6-4-9(5-7-10)16-14-11(13-15-16)3-2-8-12/h4-7H,2-3,8,12H2,1H3. The van der Waals surface area contributed by atoms with Gasteiger partial charge >= 0.3 is 0 Å². The number of hydrogen-bond donors (Lipinski definition) is 1. The lowest BCUT2D eigenvalue weighted by atomic mass is 10.3. The topological polar surface area (TPSA) is 78.8 Å². The van der Waals surface area contributed by atoms with Crippen LogP contribution in [-0.2, 0) is 6.42 Å². The molecular weight excluding hydrogens is 218 g/mol. The molecule has 2 rings (SSSR count). The van der Waals surface area contributed by atoms with Gasteiger partial charge in [-0.3, -0.25) is 0 Å². The van der Waals surface area contributed by atoms with Crippen LogP contribution in [0.2, 0.25) is 0 Å². The molecule has 2 N–H and O–H groups in total. The number of hydrogen-bond acceptors (Lipinski definition) is 5. The van der Waals surface area contributed by atoms with Crippen LogP contribution in [0.3, 0.4) is 0 Å². The molecule has 6 nitrogen and oxygen atoms in total. The van der Waals surface area contributed by atoms with E-state index in [0.717, 1.165) is 24.3 Å². The number of nitrogens with two attached hydrogens (primary N) is 1. The number of nitrogens with zero attached hydrogens (tertiary/aromatic N) is 4. The number of aryl methyl sites for hydroxylation is 1. The van der Waals surface area contributed by atoms with Gasteiger partial charge in [-0.2, -0.15) is 0 Å². The van der Waals surface area contributed by atoms with Crippen molar-refractivity contribution >= 4 is 0 Å². The van der Waals surface area contributed by atoms with Crippen molar-refractivity contribution in [2.45, 2.75) is 12.8 Å². The molecule has 6 heteroatoms. The Morgan fingerprint density at radius 1 is 1.29 bits per heavy atom. The van der Waals surface area contributed by atoms with Crippen molar-refractivity contribution in [3.8, 4) is 11.4 Å². The second-order valence-electron chi connectivity index (χ2n) is 3.59. The molecule has 1 aromatic heterocycles. The molecular formula is C11H15N5O. The zero-order valence-corrected chi connectivity index (χ0v) is 9.71. The Balaban J connectivity index is 2.12. The number of aromatic nitrogens is 4. The maximum absolute atomic E-state index is 5.43. The summed E-state index contributed by atoms with van der Waals surface area (Å²) in [6.45, 7) is 0.636. The lowest BCUT2D eigenvalue weighted by Crippen LogP contribution is -2.02. The lowest BCUT2D eigenvalue weighted by molar-refractivity contribution is 0.414. The van der Waals surface area contributed by atoms with Crippen LogP contribution >= 0.6 is 0 Å². The van der Waals surface area contributed by atoms with Gasteiger partial charge in [-0.15, -0.1) is 15.0 Å². The highest BCUT2D eigenvalue weighted by Gasteiger charge is 2.04. The zero-order valence-electron chi connectivity index (χ0n) is 9.71. The molecule has 0 spiro atoms. The molecule has 0 unspecified atom stereocenters. The van der Waals surface area contributed by atoms with Crippen LogP contribution in [-0.4, -0.2) is 33.9 Å². The average Bonchev–Trinajstić information content (AvgIpc) is 2.85. The van der Waals surface area contributed by atoms with Gasteiger partial charge in [0.05, 0.1) is 12.8 Å². The van der Waals surface area contributed by atoms with Crippen molar-refractivity contribution in [3.05, 3.63) is 30.1 Å². The van der Waals surface area contributed by atoms with Crippen LogP contribution < -0.4 is 10.5 Å². The van der Waals surface area contributed by atoms with Crippen molar-refractivity contribution in [1.29, 1.82) is 0 Å². The first-order valence-electron chi connectivity index (χ1n) is 5.47. The van der Waals surface area contributed by atoms with Crippen LogP contribution in [0.5, 0.6) is 5.75 Å². The largest absolute Gasteiger partial charge is 0.497 e. The quantitative estimate of drug-likeness (QED) is 0.816. The second-order valence-corrected chi connectivity index (χ2v) is 3.59. The van der Waals surface area contributed by atoms with E-state index in [-0.39, 0.29) is 0 Å². The van der Waals surface area contributed by atoms with Gasteiger partial charge in [0.25, 0.3) is 0 Å². The van der Waals surface area contributed by atoms with Gasteiger partial charge in [0.1, 0.15) is 5.75 Å². The molecule has 0 aliphatic carbocycles. The van der Waals surface area contributed by atoms with Gasteiger partial charge in [0, 0.05) is 6.42 Å². The number of benzene rings is 1. The minimum absolute atomic E-state index is 0.636. The zero-order chi connectivity index (χ0) is 12.1. The molecule has 0 radical (unpaired) electrons.